The molecule has 0 atom stereocenters. The monoisotopic (exact) mass is 299 g/mol. The Morgan fingerprint density at radius 3 is 2.43 bits per heavy atom. The van der Waals surface area contributed by atoms with Crippen molar-refractivity contribution in [2.75, 3.05) is 0 Å². The molecule has 4 nitrogen and oxygen atoms in total. The second-order valence-corrected chi connectivity index (χ2v) is 4.85. The molecule has 0 spiro atoms. The van der Waals surface area contributed by atoms with Crippen LogP contribution in [-0.2, 0) is 6.18 Å². The summed E-state index contributed by atoms with van der Waals surface area (Å²) in [4.78, 5) is 17.9. The third-order valence-corrected chi connectivity index (χ3v) is 3.24. The van der Waals surface area contributed by atoms with Crippen molar-refractivity contribution >= 4 is 17.0 Å². The smallest absolute Gasteiger partial charge is 0.434 e. The van der Waals surface area contributed by atoms with Gasteiger partial charge in [-0.3, -0.25) is 0 Å². The van der Waals surface area contributed by atoms with Crippen molar-refractivity contribution in [3.05, 3.63) is 34.9 Å². The molecule has 2 aromatic heterocycles. The molecule has 1 fully saturated rings. The topological polar surface area (TPSA) is 65.9 Å². The third-order valence-electron chi connectivity index (χ3n) is 3.24. The van der Waals surface area contributed by atoms with E-state index in [2.05, 4.69) is 9.97 Å². The molecule has 1 saturated carbocycles. The third kappa shape index (κ3) is 2.41. The Balaban J connectivity index is 2.28. The average Bonchev–Trinajstić information content (AvgIpc) is 3.19. The summed E-state index contributed by atoms with van der Waals surface area (Å²) in [6.45, 7) is 0. The number of alkyl halides is 3. The Labute approximate surface area is 115 Å². The summed E-state index contributed by atoms with van der Waals surface area (Å²) in [6.07, 6.45) is -3.52. The number of carboxylic acid groups (broad SMARTS) is 1. The number of fused-ring (bicyclic) bond motifs is 1. The van der Waals surface area contributed by atoms with Crippen LogP contribution in [0.15, 0.2) is 12.1 Å². The van der Waals surface area contributed by atoms with Gasteiger partial charge in [0.2, 0.25) is 0 Å². The summed E-state index contributed by atoms with van der Waals surface area (Å²) < 4.78 is 52.3. The number of carbonyl (C=O) groups is 1. The molecule has 110 valence electrons. The van der Waals surface area contributed by atoms with E-state index < -0.39 is 29.2 Å². The van der Waals surface area contributed by atoms with Crippen LogP contribution in [0, 0.1) is 5.82 Å². The number of hydrogen-bond acceptors (Lipinski definition) is 4. The van der Waals surface area contributed by atoms with E-state index in [4.69, 9.17) is 0 Å². The standard InChI is InChI=1S/C13H8F4N2O2/c14-8-4-6-3-7(12(20)21)10(13(15,16)17)19-11(6)18-9(8)5-1-2-5/h3-5H,1-2H2,(H,20,21)/p-1. The quantitative estimate of drug-likeness (QED) is 0.796. The fraction of sp³-hybridized carbons (Fsp3) is 0.308. The molecule has 0 saturated heterocycles. The first-order chi connectivity index (χ1) is 9.77. The second kappa shape index (κ2) is 4.37. The van der Waals surface area contributed by atoms with Crippen LogP contribution in [-0.4, -0.2) is 15.9 Å². The predicted octanol–water partition coefficient (Wildman–Crippen LogP) is 2.03. The first kappa shape index (κ1) is 13.7. The van der Waals surface area contributed by atoms with Crippen LogP contribution in [0.3, 0.4) is 0 Å². The molecule has 0 unspecified atom stereocenters. The highest BCUT2D eigenvalue weighted by Crippen LogP contribution is 2.41. The van der Waals surface area contributed by atoms with Crippen LogP contribution >= 0.6 is 0 Å². The summed E-state index contributed by atoms with van der Waals surface area (Å²) in [6, 6.07) is 1.64. The summed E-state index contributed by atoms with van der Waals surface area (Å²) in [7, 11) is 0. The van der Waals surface area contributed by atoms with Gasteiger partial charge in [-0.25, -0.2) is 14.4 Å². The summed E-state index contributed by atoms with van der Waals surface area (Å²) in [5, 5.41) is 10.7. The number of aromatic nitrogens is 2. The minimum absolute atomic E-state index is 0.0734. The van der Waals surface area contributed by atoms with Crippen molar-refractivity contribution in [2.45, 2.75) is 24.9 Å². The van der Waals surface area contributed by atoms with Crippen molar-refractivity contribution in [3.63, 3.8) is 0 Å². The van der Waals surface area contributed by atoms with Crippen molar-refractivity contribution < 1.29 is 27.5 Å². The van der Waals surface area contributed by atoms with E-state index in [1.807, 2.05) is 0 Å². The molecular formula is C13H7F4N2O2-. The zero-order valence-electron chi connectivity index (χ0n) is 10.4. The maximum absolute atomic E-state index is 13.8. The molecule has 0 radical (unpaired) electrons. The van der Waals surface area contributed by atoms with Crippen LogP contribution in [0.5, 0.6) is 0 Å². The van der Waals surface area contributed by atoms with Gasteiger partial charge in [0.1, 0.15) is 5.82 Å². The molecule has 1 aliphatic carbocycles. The van der Waals surface area contributed by atoms with Crippen LogP contribution in [0.2, 0.25) is 0 Å². The molecule has 0 bridgehead atoms. The Kier molecular flexibility index (Phi) is 2.86. The first-order valence-corrected chi connectivity index (χ1v) is 6.07. The molecule has 1 aliphatic rings. The van der Waals surface area contributed by atoms with Gasteiger partial charge in [-0.1, -0.05) is 0 Å². The summed E-state index contributed by atoms with van der Waals surface area (Å²) >= 11 is 0. The minimum Gasteiger partial charge on any atom is -0.545 e. The van der Waals surface area contributed by atoms with E-state index in [1.54, 1.807) is 0 Å². The number of nitrogens with zero attached hydrogens (tertiary/aromatic N) is 2. The first-order valence-electron chi connectivity index (χ1n) is 6.07. The molecule has 21 heavy (non-hydrogen) atoms. The van der Waals surface area contributed by atoms with E-state index >= 15 is 0 Å². The Morgan fingerprint density at radius 2 is 1.90 bits per heavy atom. The summed E-state index contributed by atoms with van der Waals surface area (Å²) in [5.74, 6) is -2.80. The van der Waals surface area contributed by atoms with Gasteiger partial charge in [-0.15, -0.1) is 0 Å². The molecule has 0 aliphatic heterocycles. The highest BCUT2D eigenvalue weighted by atomic mass is 19.4. The lowest BCUT2D eigenvalue weighted by atomic mass is 10.1. The number of carbonyl (C=O) groups excluding carboxylic acids is 1. The van der Waals surface area contributed by atoms with E-state index in [1.165, 1.54) is 0 Å². The largest absolute Gasteiger partial charge is 0.545 e. The van der Waals surface area contributed by atoms with Crippen LogP contribution in [0.1, 0.15) is 40.5 Å². The number of carboxylic acids is 1. The lowest BCUT2D eigenvalue weighted by Crippen LogP contribution is -2.27. The molecule has 0 amide bonds. The van der Waals surface area contributed by atoms with Crippen LogP contribution in [0.25, 0.3) is 11.0 Å². The fourth-order valence-corrected chi connectivity index (χ4v) is 2.11. The number of hydrogen-bond donors (Lipinski definition) is 0. The van der Waals surface area contributed by atoms with Gasteiger partial charge in [0, 0.05) is 16.9 Å². The van der Waals surface area contributed by atoms with Gasteiger partial charge >= 0.3 is 6.18 Å². The van der Waals surface area contributed by atoms with Gasteiger partial charge in [-0.2, -0.15) is 13.2 Å². The van der Waals surface area contributed by atoms with E-state index in [0.29, 0.717) is 6.07 Å². The predicted molar refractivity (Wildman–Crippen MR) is 60.8 cm³/mol. The zero-order valence-corrected chi connectivity index (χ0v) is 10.4. The summed E-state index contributed by atoms with van der Waals surface area (Å²) in [5.41, 5.74) is -2.97. The maximum Gasteiger partial charge on any atom is 0.434 e. The molecule has 3 rings (SSSR count). The molecule has 2 aromatic rings. The average molecular weight is 299 g/mol. The maximum atomic E-state index is 13.8. The van der Waals surface area contributed by atoms with Crippen molar-refractivity contribution in [3.8, 4) is 0 Å². The fourth-order valence-electron chi connectivity index (χ4n) is 2.11. The van der Waals surface area contributed by atoms with Gasteiger partial charge in [0.15, 0.2) is 11.3 Å². The van der Waals surface area contributed by atoms with Gasteiger partial charge in [0.05, 0.1) is 11.7 Å². The highest BCUT2D eigenvalue weighted by Gasteiger charge is 2.37. The van der Waals surface area contributed by atoms with E-state index in [0.717, 1.165) is 18.9 Å². The Bertz CT molecular complexity index is 754. The Hall–Kier alpha value is -2.25. The van der Waals surface area contributed by atoms with Crippen molar-refractivity contribution in [1.29, 1.82) is 0 Å². The number of halogens is 4. The Morgan fingerprint density at radius 1 is 1.24 bits per heavy atom. The molecule has 0 aromatic carbocycles. The van der Waals surface area contributed by atoms with Crippen molar-refractivity contribution in [1.82, 2.24) is 9.97 Å². The lowest BCUT2D eigenvalue weighted by molar-refractivity contribution is -0.255. The minimum atomic E-state index is -4.96. The normalized spacial score (nSPS) is 15.4. The SMILES string of the molecule is O=C([O-])c1cc2cc(F)c(C3CC3)nc2nc1C(F)(F)F. The van der Waals surface area contributed by atoms with Gasteiger partial charge in [-0.05, 0) is 25.0 Å². The number of pyridine rings is 2. The molecular weight excluding hydrogens is 292 g/mol. The lowest BCUT2D eigenvalue weighted by Gasteiger charge is -2.14. The van der Waals surface area contributed by atoms with Gasteiger partial charge < -0.3 is 9.90 Å². The number of aromatic carboxylic acids is 1. The van der Waals surface area contributed by atoms with E-state index in [9.17, 15) is 27.5 Å². The highest BCUT2D eigenvalue weighted by molar-refractivity contribution is 5.92. The van der Waals surface area contributed by atoms with Crippen molar-refractivity contribution in [2.24, 2.45) is 0 Å². The second-order valence-electron chi connectivity index (χ2n) is 4.85. The zero-order chi connectivity index (χ0) is 15.4. The molecule has 2 heterocycles. The van der Waals surface area contributed by atoms with Crippen LogP contribution in [0.4, 0.5) is 17.6 Å². The van der Waals surface area contributed by atoms with Crippen LogP contribution < -0.4 is 5.11 Å². The number of rotatable bonds is 2. The molecule has 0 N–H and O–H groups in total. The van der Waals surface area contributed by atoms with E-state index in [-0.39, 0.29) is 22.6 Å². The molecule has 8 heteroatoms. The van der Waals surface area contributed by atoms with Gasteiger partial charge in [0.25, 0.3) is 0 Å².